The summed E-state index contributed by atoms with van der Waals surface area (Å²) in [4.78, 5) is 30.3. The first-order valence-electron chi connectivity index (χ1n) is 8.77. The summed E-state index contributed by atoms with van der Waals surface area (Å²) < 4.78 is 0. The molecule has 26 heavy (non-hydrogen) atoms. The molecule has 1 saturated heterocycles. The van der Waals surface area contributed by atoms with Crippen molar-refractivity contribution in [2.75, 3.05) is 31.5 Å². The molecule has 0 unspecified atom stereocenters. The second-order valence-corrected chi connectivity index (χ2v) is 8.61. The Morgan fingerprint density at radius 1 is 1.15 bits per heavy atom. The van der Waals surface area contributed by atoms with Crippen LogP contribution in [0, 0.1) is 0 Å². The Kier molecular flexibility index (Phi) is 5.28. The number of hydrogen-bond acceptors (Lipinski definition) is 5. The van der Waals surface area contributed by atoms with Crippen LogP contribution in [0.5, 0.6) is 0 Å². The zero-order valence-corrected chi connectivity index (χ0v) is 16.0. The molecule has 3 heterocycles. The molecule has 5 nitrogen and oxygen atoms in total. The maximum absolute atomic E-state index is 12.7. The van der Waals surface area contributed by atoms with Gasteiger partial charge in [0.2, 0.25) is 11.8 Å². The van der Waals surface area contributed by atoms with E-state index >= 15 is 0 Å². The van der Waals surface area contributed by atoms with Crippen molar-refractivity contribution in [1.29, 1.82) is 0 Å². The minimum absolute atomic E-state index is 0.0712. The summed E-state index contributed by atoms with van der Waals surface area (Å²) in [5.74, 6) is 0.00496. The summed E-state index contributed by atoms with van der Waals surface area (Å²) in [6.45, 7) is 4.18. The fourth-order valence-electron chi connectivity index (χ4n) is 3.31. The van der Waals surface area contributed by atoms with E-state index in [0.717, 1.165) is 43.3 Å². The molecule has 0 saturated carbocycles. The molecule has 0 radical (unpaired) electrons. The van der Waals surface area contributed by atoms with Crippen molar-refractivity contribution in [3.05, 3.63) is 46.7 Å². The van der Waals surface area contributed by atoms with Crippen molar-refractivity contribution in [2.24, 2.45) is 0 Å². The number of benzene rings is 1. The lowest BCUT2D eigenvalue weighted by molar-refractivity contribution is -0.134. The van der Waals surface area contributed by atoms with Gasteiger partial charge in [0.25, 0.3) is 0 Å². The van der Waals surface area contributed by atoms with Gasteiger partial charge in [-0.1, -0.05) is 12.1 Å². The van der Waals surface area contributed by atoms with E-state index in [2.05, 4.69) is 27.0 Å². The van der Waals surface area contributed by atoms with Crippen LogP contribution in [-0.2, 0) is 16.1 Å². The van der Waals surface area contributed by atoms with E-state index in [1.54, 1.807) is 11.3 Å². The van der Waals surface area contributed by atoms with Crippen molar-refractivity contribution in [2.45, 2.75) is 23.1 Å². The largest absolute Gasteiger partial charge is 0.340 e. The van der Waals surface area contributed by atoms with E-state index in [1.165, 1.54) is 17.3 Å². The van der Waals surface area contributed by atoms with E-state index < -0.39 is 0 Å². The highest BCUT2D eigenvalue weighted by atomic mass is 32.2. The number of carbonyl (C=O) groups is 2. The fraction of sp³-hybridized carbons (Fsp3) is 0.368. The van der Waals surface area contributed by atoms with Gasteiger partial charge < -0.3 is 10.2 Å². The van der Waals surface area contributed by atoms with Crippen molar-refractivity contribution in [3.8, 4) is 0 Å². The number of carbonyl (C=O) groups excluding carboxylic acids is 2. The zero-order valence-electron chi connectivity index (χ0n) is 14.4. The highest BCUT2D eigenvalue weighted by Gasteiger charge is 2.31. The predicted octanol–water partition coefficient (Wildman–Crippen LogP) is 2.90. The summed E-state index contributed by atoms with van der Waals surface area (Å²) >= 11 is 3.21. The van der Waals surface area contributed by atoms with Gasteiger partial charge in [-0.3, -0.25) is 14.5 Å². The molecule has 7 heteroatoms. The number of piperazine rings is 1. The van der Waals surface area contributed by atoms with Gasteiger partial charge in [0, 0.05) is 44.0 Å². The molecule has 0 spiro atoms. The quantitative estimate of drug-likeness (QED) is 0.877. The molecule has 1 N–H and O–H groups in total. The van der Waals surface area contributed by atoms with Gasteiger partial charge in [0.1, 0.15) is 0 Å². The first-order valence-corrected chi connectivity index (χ1v) is 10.6. The molecule has 2 aliphatic rings. The van der Waals surface area contributed by atoms with Crippen molar-refractivity contribution < 1.29 is 9.59 Å². The Hall–Kier alpha value is -1.83. The predicted molar refractivity (Wildman–Crippen MR) is 106 cm³/mol. The molecule has 1 fully saturated rings. The Balaban J connectivity index is 1.30. The van der Waals surface area contributed by atoms with Crippen LogP contribution < -0.4 is 5.32 Å². The molecular weight excluding hydrogens is 366 g/mol. The normalized spacial score (nSPS) is 20.5. The summed E-state index contributed by atoms with van der Waals surface area (Å²) in [5.41, 5.74) is 2.18. The maximum Gasteiger partial charge on any atom is 0.238 e. The van der Waals surface area contributed by atoms with Gasteiger partial charge in [-0.05, 0) is 34.5 Å². The molecule has 1 aromatic carbocycles. The van der Waals surface area contributed by atoms with Crippen LogP contribution in [0.15, 0.2) is 46.0 Å². The SMILES string of the molecule is O=C1Nc2ccccc2S[C@H]1CC(=O)N1CCN(Cc2ccsc2)CC1. The summed E-state index contributed by atoms with van der Waals surface area (Å²) in [5, 5.41) is 6.84. The molecule has 1 atom stereocenters. The van der Waals surface area contributed by atoms with Crippen molar-refractivity contribution >= 4 is 40.6 Å². The summed E-state index contributed by atoms with van der Waals surface area (Å²) in [6, 6.07) is 9.89. The second-order valence-electron chi connectivity index (χ2n) is 6.58. The summed E-state index contributed by atoms with van der Waals surface area (Å²) in [7, 11) is 0. The summed E-state index contributed by atoms with van der Waals surface area (Å²) in [6.07, 6.45) is 0.259. The molecule has 1 aromatic heterocycles. The average Bonchev–Trinajstić information content (AvgIpc) is 3.16. The standard InChI is InChI=1S/C19H21N3O2S2/c23-18(11-17-19(24)20-15-3-1-2-4-16(15)26-17)22-8-6-21(7-9-22)12-14-5-10-25-13-14/h1-5,10,13,17H,6-9,11-12H2,(H,20,24)/t17-/m0/s1. The molecule has 0 aliphatic carbocycles. The number of amides is 2. The van der Waals surface area contributed by atoms with Crippen LogP contribution in [0.25, 0.3) is 0 Å². The lowest BCUT2D eigenvalue weighted by atomic mass is 10.2. The minimum Gasteiger partial charge on any atom is -0.340 e. The Bertz CT molecular complexity index is 786. The number of nitrogens with one attached hydrogen (secondary N) is 1. The highest BCUT2D eigenvalue weighted by molar-refractivity contribution is 8.01. The number of thiophene rings is 1. The van der Waals surface area contributed by atoms with Crippen LogP contribution in [0.3, 0.4) is 0 Å². The van der Waals surface area contributed by atoms with Crippen LogP contribution in [0.2, 0.25) is 0 Å². The average molecular weight is 388 g/mol. The van der Waals surface area contributed by atoms with E-state index in [4.69, 9.17) is 0 Å². The number of para-hydroxylation sites is 1. The maximum atomic E-state index is 12.7. The smallest absolute Gasteiger partial charge is 0.238 e. The fourth-order valence-corrected chi connectivity index (χ4v) is 5.07. The van der Waals surface area contributed by atoms with E-state index in [1.807, 2.05) is 29.2 Å². The Morgan fingerprint density at radius 3 is 2.73 bits per heavy atom. The highest BCUT2D eigenvalue weighted by Crippen LogP contribution is 2.36. The third kappa shape index (κ3) is 3.95. The first kappa shape index (κ1) is 17.6. The van der Waals surface area contributed by atoms with Crippen LogP contribution >= 0.6 is 23.1 Å². The molecule has 2 aliphatic heterocycles. The minimum atomic E-state index is -0.346. The Labute approximate surface area is 161 Å². The van der Waals surface area contributed by atoms with Gasteiger partial charge in [-0.15, -0.1) is 11.8 Å². The third-order valence-corrected chi connectivity index (χ3v) is 6.79. The molecule has 2 amide bonds. The lowest BCUT2D eigenvalue weighted by Crippen LogP contribution is -2.49. The van der Waals surface area contributed by atoms with Gasteiger partial charge in [-0.25, -0.2) is 0 Å². The van der Waals surface area contributed by atoms with Crippen LogP contribution in [-0.4, -0.2) is 53.0 Å². The van der Waals surface area contributed by atoms with E-state index in [9.17, 15) is 9.59 Å². The van der Waals surface area contributed by atoms with Gasteiger partial charge >= 0.3 is 0 Å². The van der Waals surface area contributed by atoms with Crippen LogP contribution in [0.1, 0.15) is 12.0 Å². The van der Waals surface area contributed by atoms with Gasteiger partial charge in [-0.2, -0.15) is 11.3 Å². The monoisotopic (exact) mass is 387 g/mol. The molecule has 4 rings (SSSR count). The van der Waals surface area contributed by atoms with Crippen LogP contribution in [0.4, 0.5) is 5.69 Å². The topological polar surface area (TPSA) is 52.7 Å². The van der Waals surface area contributed by atoms with Crippen molar-refractivity contribution in [3.63, 3.8) is 0 Å². The Morgan fingerprint density at radius 2 is 1.96 bits per heavy atom. The molecular formula is C19H21N3O2S2. The van der Waals surface area contributed by atoms with E-state index in [-0.39, 0.29) is 23.5 Å². The number of nitrogens with zero attached hydrogens (tertiary/aromatic N) is 2. The number of rotatable bonds is 4. The number of thioether (sulfide) groups is 1. The number of anilines is 1. The number of hydrogen-bond donors (Lipinski definition) is 1. The van der Waals surface area contributed by atoms with Crippen molar-refractivity contribution in [1.82, 2.24) is 9.80 Å². The third-order valence-electron chi connectivity index (χ3n) is 4.78. The van der Waals surface area contributed by atoms with E-state index in [0.29, 0.717) is 0 Å². The molecule has 136 valence electrons. The van der Waals surface area contributed by atoms with Gasteiger partial charge in [0.15, 0.2) is 0 Å². The van der Waals surface area contributed by atoms with Gasteiger partial charge in [0.05, 0.1) is 10.9 Å². The number of fused-ring (bicyclic) bond motifs is 1. The lowest BCUT2D eigenvalue weighted by Gasteiger charge is -2.35. The first-order chi connectivity index (χ1) is 12.7. The molecule has 0 bridgehead atoms. The second kappa shape index (κ2) is 7.82. The molecule has 2 aromatic rings. The zero-order chi connectivity index (χ0) is 17.9.